The van der Waals surface area contributed by atoms with Gasteiger partial charge in [0.2, 0.25) is 0 Å². The minimum atomic E-state index is 0.370. The molecule has 0 bridgehead atoms. The lowest BCUT2D eigenvalue weighted by atomic mass is 10.1. The molecule has 0 saturated carbocycles. The van der Waals surface area contributed by atoms with E-state index in [1.165, 1.54) is 22.3 Å². The normalized spacial score (nSPS) is 13.8. The molecule has 0 saturated heterocycles. The summed E-state index contributed by atoms with van der Waals surface area (Å²) in [5.74, 6) is 0. The SMILES string of the molecule is BrC1c2ccccc2-c2ccccc21. The first-order valence-electron chi connectivity index (χ1n) is 4.70. The van der Waals surface area contributed by atoms with Gasteiger partial charge in [-0.2, -0.15) is 0 Å². The van der Waals surface area contributed by atoms with Crippen LogP contribution in [0.4, 0.5) is 0 Å². The fourth-order valence-electron chi connectivity index (χ4n) is 2.09. The molecule has 0 nitrogen and oxygen atoms in total. The van der Waals surface area contributed by atoms with Crippen molar-refractivity contribution < 1.29 is 0 Å². The standard InChI is InChI=1S/C13H9Br/c14-13-11-7-3-1-5-9(11)10-6-2-4-8-12(10)13/h1-8,13H. The van der Waals surface area contributed by atoms with Gasteiger partial charge in [0, 0.05) is 0 Å². The molecule has 0 radical (unpaired) electrons. The van der Waals surface area contributed by atoms with Crippen LogP contribution >= 0.6 is 15.9 Å². The molecular weight excluding hydrogens is 236 g/mol. The topological polar surface area (TPSA) is 0 Å². The van der Waals surface area contributed by atoms with Crippen LogP contribution < -0.4 is 0 Å². The van der Waals surface area contributed by atoms with Crippen LogP contribution in [0.3, 0.4) is 0 Å². The lowest BCUT2D eigenvalue weighted by molar-refractivity contribution is 1.25. The molecule has 0 heterocycles. The molecule has 0 atom stereocenters. The largest absolute Gasteiger partial charge is 0.0786 e. The number of halogens is 1. The second-order valence-electron chi connectivity index (χ2n) is 3.54. The van der Waals surface area contributed by atoms with E-state index in [0.29, 0.717) is 4.83 Å². The van der Waals surface area contributed by atoms with Gasteiger partial charge in [-0.05, 0) is 22.3 Å². The van der Waals surface area contributed by atoms with Crippen LogP contribution in [0.2, 0.25) is 0 Å². The van der Waals surface area contributed by atoms with E-state index in [1.54, 1.807) is 0 Å². The first kappa shape index (κ1) is 8.25. The van der Waals surface area contributed by atoms with Gasteiger partial charge < -0.3 is 0 Å². The summed E-state index contributed by atoms with van der Waals surface area (Å²) < 4.78 is 0. The van der Waals surface area contributed by atoms with Crippen molar-refractivity contribution in [2.45, 2.75) is 4.83 Å². The number of alkyl halides is 1. The average molecular weight is 245 g/mol. The van der Waals surface area contributed by atoms with E-state index in [0.717, 1.165) is 0 Å². The molecular formula is C13H9Br. The van der Waals surface area contributed by atoms with Crippen molar-refractivity contribution in [3.05, 3.63) is 59.7 Å². The first-order chi connectivity index (χ1) is 6.88. The molecule has 1 aliphatic carbocycles. The molecule has 68 valence electrons. The van der Waals surface area contributed by atoms with Crippen molar-refractivity contribution in [1.29, 1.82) is 0 Å². The maximum Gasteiger partial charge on any atom is 0.0656 e. The second kappa shape index (κ2) is 2.96. The number of hydrogen-bond donors (Lipinski definition) is 0. The van der Waals surface area contributed by atoms with Crippen LogP contribution in [-0.4, -0.2) is 0 Å². The summed E-state index contributed by atoms with van der Waals surface area (Å²) in [5.41, 5.74) is 5.50. The van der Waals surface area contributed by atoms with E-state index in [-0.39, 0.29) is 0 Å². The van der Waals surface area contributed by atoms with Crippen molar-refractivity contribution in [2.75, 3.05) is 0 Å². The molecule has 3 rings (SSSR count). The van der Waals surface area contributed by atoms with Crippen LogP contribution in [-0.2, 0) is 0 Å². The van der Waals surface area contributed by atoms with Crippen LogP contribution in [0.1, 0.15) is 16.0 Å². The fourth-order valence-corrected chi connectivity index (χ4v) is 2.89. The van der Waals surface area contributed by atoms with E-state index in [4.69, 9.17) is 0 Å². The molecule has 0 unspecified atom stereocenters. The second-order valence-corrected chi connectivity index (χ2v) is 4.45. The number of benzene rings is 2. The summed E-state index contributed by atoms with van der Waals surface area (Å²) in [6.07, 6.45) is 0. The van der Waals surface area contributed by atoms with Crippen molar-refractivity contribution in [2.24, 2.45) is 0 Å². The molecule has 0 spiro atoms. The van der Waals surface area contributed by atoms with Gasteiger partial charge in [0.05, 0.1) is 4.83 Å². The Morgan fingerprint density at radius 1 is 0.714 bits per heavy atom. The predicted molar refractivity (Wildman–Crippen MR) is 62.6 cm³/mol. The monoisotopic (exact) mass is 244 g/mol. The Kier molecular flexibility index (Phi) is 1.74. The van der Waals surface area contributed by atoms with Crippen molar-refractivity contribution in [3.63, 3.8) is 0 Å². The fraction of sp³-hybridized carbons (Fsp3) is 0.0769. The third-order valence-electron chi connectivity index (χ3n) is 2.76. The Morgan fingerprint density at radius 3 is 1.64 bits per heavy atom. The average Bonchev–Trinajstić information content (AvgIpc) is 2.55. The zero-order valence-corrected chi connectivity index (χ0v) is 9.16. The molecule has 1 aliphatic rings. The Labute approximate surface area is 91.7 Å². The number of hydrogen-bond acceptors (Lipinski definition) is 0. The number of rotatable bonds is 0. The van der Waals surface area contributed by atoms with Gasteiger partial charge in [0.15, 0.2) is 0 Å². The Morgan fingerprint density at radius 2 is 1.14 bits per heavy atom. The Balaban J connectivity index is 2.36. The molecule has 2 aromatic rings. The molecule has 0 aromatic heterocycles. The van der Waals surface area contributed by atoms with E-state index in [2.05, 4.69) is 64.5 Å². The summed E-state index contributed by atoms with van der Waals surface area (Å²) in [6, 6.07) is 17.1. The Hall–Kier alpha value is -1.08. The lowest BCUT2D eigenvalue weighted by Crippen LogP contribution is -1.83. The molecule has 0 aliphatic heterocycles. The van der Waals surface area contributed by atoms with Gasteiger partial charge in [-0.15, -0.1) is 0 Å². The molecule has 0 fully saturated rings. The third kappa shape index (κ3) is 0.992. The highest BCUT2D eigenvalue weighted by atomic mass is 79.9. The highest BCUT2D eigenvalue weighted by molar-refractivity contribution is 9.09. The molecule has 0 N–H and O–H groups in total. The van der Waals surface area contributed by atoms with Gasteiger partial charge in [-0.25, -0.2) is 0 Å². The van der Waals surface area contributed by atoms with E-state index in [9.17, 15) is 0 Å². The zero-order valence-electron chi connectivity index (χ0n) is 7.57. The van der Waals surface area contributed by atoms with Crippen LogP contribution in [0.25, 0.3) is 11.1 Å². The third-order valence-corrected chi connectivity index (χ3v) is 3.74. The van der Waals surface area contributed by atoms with Gasteiger partial charge in [-0.3, -0.25) is 0 Å². The van der Waals surface area contributed by atoms with Gasteiger partial charge in [0.25, 0.3) is 0 Å². The highest BCUT2D eigenvalue weighted by Gasteiger charge is 2.25. The summed E-state index contributed by atoms with van der Waals surface area (Å²) in [4.78, 5) is 0.370. The van der Waals surface area contributed by atoms with Crippen LogP contribution in [0.15, 0.2) is 48.5 Å². The Bertz CT molecular complexity index is 443. The minimum absolute atomic E-state index is 0.370. The lowest BCUT2D eigenvalue weighted by Gasteiger charge is -2.02. The predicted octanol–water partition coefficient (Wildman–Crippen LogP) is 4.15. The maximum atomic E-state index is 3.74. The molecule has 1 heteroatoms. The quantitative estimate of drug-likeness (QED) is 0.611. The van der Waals surface area contributed by atoms with Crippen molar-refractivity contribution >= 4 is 15.9 Å². The molecule has 14 heavy (non-hydrogen) atoms. The van der Waals surface area contributed by atoms with Crippen molar-refractivity contribution in [1.82, 2.24) is 0 Å². The van der Waals surface area contributed by atoms with Crippen molar-refractivity contribution in [3.8, 4) is 11.1 Å². The summed E-state index contributed by atoms with van der Waals surface area (Å²) in [7, 11) is 0. The summed E-state index contributed by atoms with van der Waals surface area (Å²) in [5, 5.41) is 0. The molecule has 0 amide bonds. The minimum Gasteiger partial charge on any atom is -0.0786 e. The van der Waals surface area contributed by atoms with Gasteiger partial charge >= 0.3 is 0 Å². The van der Waals surface area contributed by atoms with Crippen LogP contribution in [0.5, 0.6) is 0 Å². The first-order valence-corrected chi connectivity index (χ1v) is 5.62. The van der Waals surface area contributed by atoms with E-state index < -0.39 is 0 Å². The molecule has 2 aromatic carbocycles. The van der Waals surface area contributed by atoms with E-state index in [1.807, 2.05) is 0 Å². The zero-order chi connectivity index (χ0) is 9.54. The van der Waals surface area contributed by atoms with Crippen LogP contribution in [0, 0.1) is 0 Å². The summed E-state index contributed by atoms with van der Waals surface area (Å²) >= 11 is 3.74. The van der Waals surface area contributed by atoms with E-state index >= 15 is 0 Å². The van der Waals surface area contributed by atoms with Gasteiger partial charge in [0.1, 0.15) is 0 Å². The highest BCUT2D eigenvalue weighted by Crippen LogP contribution is 2.47. The maximum absolute atomic E-state index is 3.74. The summed E-state index contributed by atoms with van der Waals surface area (Å²) in [6.45, 7) is 0. The van der Waals surface area contributed by atoms with Gasteiger partial charge in [-0.1, -0.05) is 64.5 Å². The smallest absolute Gasteiger partial charge is 0.0656 e. The number of fused-ring (bicyclic) bond motifs is 3.